The SMILES string of the molecule is Cc1ccc(C)c(N2CC=C[C@]34S[C@]5(C)C=CCN(C)C(=O)[C@@H]5[C@H]3C(=O)N([C@H](CO)c3ccccc3)C4C2=O)c1. The highest BCUT2D eigenvalue weighted by Crippen LogP contribution is 2.66. The normalized spacial score (nSPS) is 32.1. The number of rotatable bonds is 4. The van der Waals surface area contributed by atoms with Crippen molar-refractivity contribution in [2.75, 3.05) is 31.6 Å². The highest BCUT2D eigenvalue weighted by molar-refractivity contribution is 8.02. The van der Waals surface area contributed by atoms with E-state index in [0.29, 0.717) is 13.1 Å². The number of likely N-dealkylation sites (tertiary alicyclic amines) is 1. The number of aryl methyl sites for hydroxylation is 2. The number of likely N-dealkylation sites (N-methyl/N-ethyl adjacent to an activating group) is 1. The maximum absolute atomic E-state index is 14.8. The van der Waals surface area contributed by atoms with Crippen molar-refractivity contribution in [2.24, 2.45) is 11.8 Å². The lowest BCUT2D eigenvalue weighted by molar-refractivity contribution is -0.145. The van der Waals surface area contributed by atoms with Gasteiger partial charge in [-0.15, -0.1) is 11.8 Å². The lowest BCUT2D eigenvalue weighted by Crippen LogP contribution is -2.54. The monoisotopic (exact) mass is 557 g/mol. The Kier molecular flexibility index (Phi) is 6.46. The Morgan fingerprint density at radius 3 is 2.40 bits per heavy atom. The van der Waals surface area contributed by atoms with Gasteiger partial charge in [-0.2, -0.15) is 0 Å². The summed E-state index contributed by atoms with van der Waals surface area (Å²) in [7, 11) is 1.76. The Morgan fingerprint density at radius 2 is 1.68 bits per heavy atom. The zero-order valence-corrected chi connectivity index (χ0v) is 24.1. The van der Waals surface area contributed by atoms with E-state index in [1.807, 2.05) is 87.5 Å². The molecule has 0 radical (unpaired) electrons. The van der Waals surface area contributed by atoms with Gasteiger partial charge >= 0.3 is 0 Å². The fraction of sp³-hybridized carbons (Fsp3) is 0.406. The molecule has 2 aromatic carbocycles. The molecule has 2 fully saturated rings. The van der Waals surface area contributed by atoms with Crippen molar-refractivity contribution in [1.29, 1.82) is 0 Å². The number of anilines is 1. The summed E-state index contributed by atoms with van der Waals surface area (Å²) < 4.78 is -1.63. The second-order valence-corrected chi connectivity index (χ2v) is 13.4. The van der Waals surface area contributed by atoms with Crippen LogP contribution in [0.25, 0.3) is 0 Å². The Labute approximate surface area is 239 Å². The molecule has 2 saturated heterocycles. The molecule has 4 aliphatic rings. The van der Waals surface area contributed by atoms with E-state index in [1.165, 1.54) is 0 Å². The number of amides is 3. The van der Waals surface area contributed by atoms with Gasteiger partial charge < -0.3 is 19.8 Å². The summed E-state index contributed by atoms with van der Waals surface area (Å²) in [6.07, 6.45) is 8.05. The molecular formula is C32H35N3O4S. The summed E-state index contributed by atoms with van der Waals surface area (Å²) in [5, 5.41) is 10.7. The van der Waals surface area contributed by atoms with E-state index in [1.54, 1.807) is 33.5 Å². The van der Waals surface area contributed by atoms with E-state index < -0.39 is 33.4 Å². The molecule has 40 heavy (non-hydrogen) atoms. The minimum absolute atomic E-state index is 0.0902. The third-order valence-corrected chi connectivity index (χ3v) is 10.8. The van der Waals surface area contributed by atoms with Crippen molar-refractivity contribution in [3.8, 4) is 0 Å². The maximum atomic E-state index is 14.8. The number of hydrogen-bond acceptors (Lipinski definition) is 5. The molecule has 0 aliphatic carbocycles. The molecule has 1 unspecified atom stereocenters. The summed E-state index contributed by atoms with van der Waals surface area (Å²) in [6.45, 7) is 6.49. The first-order chi connectivity index (χ1) is 19.1. The van der Waals surface area contributed by atoms with Crippen LogP contribution >= 0.6 is 11.8 Å². The molecule has 3 amide bonds. The fourth-order valence-electron chi connectivity index (χ4n) is 7.17. The molecule has 4 heterocycles. The van der Waals surface area contributed by atoms with Crippen molar-refractivity contribution in [1.82, 2.24) is 9.80 Å². The number of hydrogen-bond donors (Lipinski definition) is 1. The van der Waals surface area contributed by atoms with E-state index in [4.69, 9.17) is 0 Å². The average Bonchev–Trinajstić information content (AvgIpc) is 3.21. The Balaban J connectivity index is 1.56. The molecule has 0 bridgehead atoms. The number of aliphatic hydroxyl groups excluding tert-OH is 1. The lowest BCUT2D eigenvalue weighted by atomic mass is 9.74. The average molecular weight is 558 g/mol. The number of carbonyl (C=O) groups is 3. The summed E-state index contributed by atoms with van der Waals surface area (Å²) in [6, 6.07) is 13.8. The van der Waals surface area contributed by atoms with Crippen LogP contribution in [0, 0.1) is 25.7 Å². The second-order valence-electron chi connectivity index (χ2n) is 11.6. The molecule has 6 atom stereocenters. The number of benzene rings is 2. The molecular weight excluding hydrogens is 522 g/mol. The van der Waals surface area contributed by atoms with Crippen LogP contribution in [0.15, 0.2) is 72.8 Å². The van der Waals surface area contributed by atoms with Crippen molar-refractivity contribution < 1.29 is 19.5 Å². The van der Waals surface area contributed by atoms with E-state index in [-0.39, 0.29) is 24.3 Å². The van der Waals surface area contributed by atoms with E-state index in [0.717, 1.165) is 22.4 Å². The van der Waals surface area contributed by atoms with Crippen LogP contribution in [-0.4, -0.2) is 74.9 Å². The standard InChI is InChI=1S/C32H35N3O4S/c1-20-12-13-21(2)23(18-20)34-17-9-15-32-26(25-28(37)33(4)16-8-14-31(25,3)40-32)29(38)35(27(32)30(34)39)24(19-36)22-10-6-5-7-11-22/h5-15,18,24-27,36H,16-17,19H2,1-4H3/t24-,25+,26+,27?,31-,32+/m1/s1. The Hall–Kier alpha value is -3.36. The van der Waals surface area contributed by atoms with Gasteiger partial charge in [0.2, 0.25) is 11.8 Å². The molecule has 1 N–H and O–H groups in total. The summed E-state index contributed by atoms with van der Waals surface area (Å²) in [5.41, 5.74) is 3.56. The van der Waals surface area contributed by atoms with Crippen LogP contribution in [-0.2, 0) is 14.4 Å². The fourth-order valence-corrected chi connectivity index (χ4v) is 9.32. The zero-order chi connectivity index (χ0) is 28.4. The van der Waals surface area contributed by atoms with E-state index in [9.17, 15) is 19.5 Å². The van der Waals surface area contributed by atoms with Gasteiger partial charge in [0.05, 0.1) is 29.2 Å². The highest BCUT2D eigenvalue weighted by atomic mass is 32.2. The van der Waals surface area contributed by atoms with Gasteiger partial charge in [-0.25, -0.2) is 0 Å². The van der Waals surface area contributed by atoms with Crippen LogP contribution in [0.3, 0.4) is 0 Å². The van der Waals surface area contributed by atoms with Crippen LogP contribution in [0.2, 0.25) is 0 Å². The highest BCUT2D eigenvalue weighted by Gasteiger charge is 2.74. The quantitative estimate of drug-likeness (QED) is 0.581. The smallest absolute Gasteiger partial charge is 0.251 e. The first-order valence-corrected chi connectivity index (χ1v) is 14.6. The molecule has 4 aliphatic heterocycles. The zero-order valence-electron chi connectivity index (χ0n) is 23.3. The predicted molar refractivity (Wildman–Crippen MR) is 157 cm³/mol. The molecule has 2 aromatic rings. The third kappa shape index (κ3) is 3.79. The van der Waals surface area contributed by atoms with Crippen molar-refractivity contribution >= 4 is 35.2 Å². The van der Waals surface area contributed by atoms with Gasteiger partial charge in [-0.1, -0.05) is 66.8 Å². The summed E-state index contributed by atoms with van der Waals surface area (Å²) >= 11 is 1.56. The number of fused-ring (bicyclic) bond motifs is 2. The number of nitrogens with zero attached hydrogens (tertiary/aromatic N) is 3. The Morgan fingerprint density at radius 1 is 0.950 bits per heavy atom. The molecule has 6 rings (SSSR count). The topological polar surface area (TPSA) is 81.2 Å². The van der Waals surface area contributed by atoms with E-state index >= 15 is 0 Å². The van der Waals surface area contributed by atoms with Crippen LogP contribution in [0.5, 0.6) is 0 Å². The number of thioether (sulfide) groups is 1. The predicted octanol–water partition coefficient (Wildman–Crippen LogP) is 3.66. The van der Waals surface area contributed by atoms with E-state index in [2.05, 4.69) is 6.08 Å². The number of aliphatic hydroxyl groups is 1. The maximum Gasteiger partial charge on any atom is 0.251 e. The lowest BCUT2D eigenvalue weighted by Gasteiger charge is -2.40. The summed E-state index contributed by atoms with van der Waals surface area (Å²) in [5.74, 6) is -1.93. The van der Waals surface area contributed by atoms with Gasteiger partial charge in [-0.3, -0.25) is 14.4 Å². The van der Waals surface area contributed by atoms with Gasteiger partial charge in [-0.05, 0) is 43.5 Å². The molecule has 7 nitrogen and oxygen atoms in total. The molecule has 0 saturated carbocycles. The van der Waals surface area contributed by atoms with Gasteiger partial charge in [0.1, 0.15) is 6.04 Å². The van der Waals surface area contributed by atoms with Gasteiger partial charge in [0.15, 0.2) is 0 Å². The van der Waals surface area contributed by atoms with Crippen LogP contribution in [0.4, 0.5) is 5.69 Å². The first-order valence-electron chi connectivity index (χ1n) is 13.8. The third-order valence-electron chi connectivity index (χ3n) is 9.04. The molecule has 8 heteroatoms. The van der Waals surface area contributed by atoms with Crippen molar-refractivity contribution in [2.45, 2.75) is 42.3 Å². The largest absolute Gasteiger partial charge is 0.394 e. The molecule has 0 aromatic heterocycles. The molecule has 1 spiro atoms. The van der Waals surface area contributed by atoms with Crippen molar-refractivity contribution in [3.05, 3.63) is 89.5 Å². The minimum atomic E-state index is -0.972. The first kappa shape index (κ1) is 26.8. The minimum Gasteiger partial charge on any atom is -0.394 e. The van der Waals surface area contributed by atoms with Gasteiger partial charge in [0.25, 0.3) is 5.91 Å². The number of carbonyl (C=O) groups excluding carboxylic acids is 3. The van der Waals surface area contributed by atoms with Crippen LogP contribution < -0.4 is 4.90 Å². The van der Waals surface area contributed by atoms with Gasteiger partial charge in [0, 0.05) is 30.6 Å². The van der Waals surface area contributed by atoms with Crippen molar-refractivity contribution in [3.63, 3.8) is 0 Å². The summed E-state index contributed by atoms with van der Waals surface area (Å²) in [4.78, 5) is 48.5. The van der Waals surface area contributed by atoms with Crippen LogP contribution in [0.1, 0.15) is 29.7 Å². The Bertz CT molecular complexity index is 1440. The molecule has 208 valence electrons. The second kappa shape index (κ2) is 9.63.